The van der Waals surface area contributed by atoms with E-state index in [9.17, 15) is 4.79 Å². The van der Waals surface area contributed by atoms with Gasteiger partial charge >= 0.3 is 0 Å². The highest BCUT2D eigenvalue weighted by Gasteiger charge is 2.18. The molecule has 30 heavy (non-hydrogen) atoms. The quantitative estimate of drug-likeness (QED) is 0.677. The van der Waals surface area contributed by atoms with Crippen molar-refractivity contribution in [1.82, 2.24) is 14.5 Å². The molecule has 1 saturated heterocycles. The Morgan fingerprint density at radius 3 is 2.50 bits per heavy atom. The molecule has 0 aliphatic carbocycles. The summed E-state index contributed by atoms with van der Waals surface area (Å²) in [6.45, 7) is 3.91. The van der Waals surface area contributed by atoms with Crippen molar-refractivity contribution in [3.05, 3.63) is 65.6 Å². The maximum absolute atomic E-state index is 12.9. The molecule has 0 saturated carbocycles. The Balaban J connectivity index is 1.50. The Morgan fingerprint density at radius 2 is 1.87 bits per heavy atom. The first-order valence-corrected chi connectivity index (χ1v) is 10.1. The molecule has 0 radical (unpaired) electrons. The smallest absolute Gasteiger partial charge is 0.259 e. The normalized spacial score (nSPS) is 14.6. The first-order valence-electron chi connectivity index (χ1n) is 9.77. The lowest BCUT2D eigenvalue weighted by Gasteiger charge is -2.33. The Labute approximate surface area is 180 Å². The van der Waals surface area contributed by atoms with E-state index in [0.717, 1.165) is 37.7 Å². The summed E-state index contributed by atoms with van der Waals surface area (Å²) in [5.74, 6) is 1.06. The van der Waals surface area contributed by atoms with Crippen LogP contribution in [0.2, 0.25) is 5.02 Å². The fourth-order valence-electron chi connectivity index (χ4n) is 3.46. The van der Waals surface area contributed by atoms with Crippen molar-refractivity contribution in [3.63, 3.8) is 0 Å². The molecule has 0 atom stereocenters. The summed E-state index contributed by atoms with van der Waals surface area (Å²) in [5.41, 5.74) is 1.72. The number of ether oxygens (including phenoxy) is 1. The molecule has 0 unspecified atom stereocenters. The SMILES string of the molecule is COc1cc(-n2cccc2)c(Cl)cc1C(=O)Nc1ccc(N2CCN(C)CC2)nc1. The number of carbonyl (C=O) groups is 1. The third-order valence-electron chi connectivity index (χ3n) is 5.23. The van der Waals surface area contributed by atoms with Gasteiger partial charge in [-0.3, -0.25) is 4.79 Å². The number of hydrogen-bond acceptors (Lipinski definition) is 5. The van der Waals surface area contributed by atoms with Crippen molar-refractivity contribution in [1.29, 1.82) is 0 Å². The largest absolute Gasteiger partial charge is 0.496 e. The van der Waals surface area contributed by atoms with Gasteiger partial charge in [-0.2, -0.15) is 0 Å². The monoisotopic (exact) mass is 425 g/mol. The van der Waals surface area contributed by atoms with E-state index in [1.54, 1.807) is 18.3 Å². The van der Waals surface area contributed by atoms with Gasteiger partial charge in [0.15, 0.2) is 0 Å². The van der Waals surface area contributed by atoms with E-state index < -0.39 is 0 Å². The number of benzene rings is 1. The number of likely N-dealkylation sites (N-methyl/N-ethyl adjacent to an activating group) is 1. The van der Waals surface area contributed by atoms with E-state index in [-0.39, 0.29) is 5.91 Å². The number of anilines is 2. The molecule has 0 spiro atoms. The van der Waals surface area contributed by atoms with Crippen LogP contribution in [0.3, 0.4) is 0 Å². The number of pyridine rings is 1. The minimum Gasteiger partial charge on any atom is -0.496 e. The van der Waals surface area contributed by atoms with Crippen LogP contribution in [-0.4, -0.2) is 60.7 Å². The Kier molecular flexibility index (Phi) is 5.92. The molecule has 3 heterocycles. The second-order valence-electron chi connectivity index (χ2n) is 7.24. The lowest BCUT2D eigenvalue weighted by atomic mass is 10.1. The van der Waals surface area contributed by atoms with Crippen molar-refractivity contribution >= 4 is 29.0 Å². The zero-order valence-corrected chi connectivity index (χ0v) is 17.8. The second-order valence-corrected chi connectivity index (χ2v) is 7.65. The van der Waals surface area contributed by atoms with Gasteiger partial charge in [-0.25, -0.2) is 4.98 Å². The molecule has 8 heteroatoms. The van der Waals surface area contributed by atoms with Gasteiger partial charge in [0.1, 0.15) is 11.6 Å². The highest BCUT2D eigenvalue weighted by molar-refractivity contribution is 6.33. The molecule has 1 aliphatic rings. The number of nitrogens with zero attached hydrogens (tertiary/aromatic N) is 4. The van der Waals surface area contributed by atoms with Crippen LogP contribution in [0.5, 0.6) is 5.75 Å². The van der Waals surface area contributed by atoms with Crippen LogP contribution in [0, 0.1) is 0 Å². The van der Waals surface area contributed by atoms with Crippen LogP contribution < -0.4 is 15.0 Å². The number of carbonyl (C=O) groups excluding carboxylic acids is 1. The standard InChI is InChI=1S/C22H24ClN5O2/c1-26-9-11-28(12-10-26)21-6-5-16(15-24-21)25-22(29)17-13-18(23)19(14-20(17)30-2)27-7-3-4-8-27/h3-8,13-15H,9-12H2,1-2H3,(H,25,29). The number of hydrogen-bond donors (Lipinski definition) is 1. The number of piperazine rings is 1. The van der Waals surface area contributed by atoms with Gasteiger partial charge in [-0.05, 0) is 37.4 Å². The maximum atomic E-state index is 12.9. The predicted molar refractivity (Wildman–Crippen MR) is 119 cm³/mol. The van der Waals surface area contributed by atoms with Crippen LogP contribution in [0.15, 0.2) is 55.0 Å². The average molecular weight is 426 g/mol. The van der Waals surface area contributed by atoms with Gasteiger partial charge in [-0.1, -0.05) is 11.6 Å². The highest BCUT2D eigenvalue weighted by Crippen LogP contribution is 2.30. The van der Waals surface area contributed by atoms with Gasteiger partial charge in [0, 0.05) is 44.6 Å². The molecule has 3 aromatic rings. The number of halogens is 1. The van der Waals surface area contributed by atoms with Crippen molar-refractivity contribution < 1.29 is 9.53 Å². The minimum absolute atomic E-state index is 0.304. The molecule has 7 nitrogen and oxygen atoms in total. The molecular weight excluding hydrogens is 402 g/mol. The van der Waals surface area contributed by atoms with E-state index in [4.69, 9.17) is 16.3 Å². The van der Waals surface area contributed by atoms with E-state index in [0.29, 0.717) is 22.0 Å². The van der Waals surface area contributed by atoms with Crippen LogP contribution in [0.25, 0.3) is 5.69 Å². The Morgan fingerprint density at radius 1 is 1.13 bits per heavy atom. The lowest BCUT2D eigenvalue weighted by Crippen LogP contribution is -2.44. The van der Waals surface area contributed by atoms with E-state index in [1.807, 2.05) is 41.2 Å². The number of methoxy groups -OCH3 is 1. The summed E-state index contributed by atoms with van der Waals surface area (Å²) < 4.78 is 7.31. The zero-order valence-electron chi connectivity index (χ0n) is 17.0. The number of amides is 1. The lowest BCUT2D eigenvalue weighted by molar-refractivity contribution is 0.102. The molecule has 1 amide bonds. The molecule has 156 valence electrons. The summed E-state index contributed by atoms with van der Waals surface area (Å²) in [6, 6.07) is 11.0. The summed E-state index contributed by atoms with van der Waals surface area (Å²) in [4.78, 5) is 21.9. The molecule has 1 aliphatic heterocycles. The van der Waals surface area contributed by atoms with Gasteiger partial charge < -0.3 is 24.4 Å². The second kappa shape index (κ2) is 8.77. The van der Waals surface area contributed by atoms with Crippen molar-refractivity contribution in [2.45, 2.75) is 0 Å². The summed E-state index contributed by atoms with van der Waals surface area (Å²) >= 11 is 6.44. The molecule has 1 N–H and O–H groups in total. The average Bonchev–Trinajstić information content (AvgIpc) is 3.29. The third kappa shape index (κ3) is 4.27. The van der Waals surface area contributed by atoms with Gasteiger partial charge in [0.05, 0.1) is 35.3 Å². The number of nitrogens with one attached hydrogen (secondary N) is 1. The number of rotatable bonds is 5. The van der Waals surface area contributed by atoms with Crippen LogP contribution in [0.1, 0.15) is 10.4 Å². The predicted octanol–water partition coefficient (Wildman–Crippen LogP) is 3.54. The minimum atomic E-state index is -0.304. The Bertz CT molecular complexity index is 1010. The van der Waals surface area contributed by atoms with Gasteiger partial charge in [0.2, 0.25) is 0 Å². The first kappa shape index (κ1) is 20.3. The number of aromatic nitrogens is 2. The molecule has 2 aromatic heterocycles. The highest BCUT2D eigenvalue weighted by atomic mass is 35.5. The van der Waals surface area contributed by atoms with Crippen molar-refractivity contribution in [2.24, 2.45) is 0 Å². The Hall–Kier alpha value is -3.03. The fraction of sp³-hybridized carbons (Fsp3) is 0.273. The topological polar surface area (TPSA) is 62.6 Å². The summed E-state index contributed by atoms with van der Waals surface area (Å²) in [6.07, 6.45) is 5.44. The van der Waals surface area contributed by atoms with Crippen LogP contribution >= 0.6 is 11.6 Å². The summed E-state index contributed by atoms with van der Waals surface area (Å²) in [5, 5.41) is 3.34. The molecular formula is C22H24ClN5O2. The van der Waals surface area contributed by atoms with Gasteiger partial charge in [0.25, 0.3) is 5.91 Å². The summed E-state index contributed by atoms with van der Waals surface area (Å²) in [7, 11) is 3.65. The molecule has 1 fully saturated rings. The molecule has 4 rings (SSSR count). The van der Waals surface area contributed by atoms with Gasteiger partial charge in [-0.15, -0.1) is 0 Å². The van der Waals surface area contributed by atoms with E-state index in [1.165, 1.54) is 7.11 Å². The first-order chi connectivity index (χ1) is 14.5. The van der Waals surface area contributed by atoms with Crippen molar-refractivity contribution in [2.75, 3.05) is 50.6 Å². The van der Waals surface area contributed by atoms with E-state index >= 15 is 0 Å². The van der Waals surface area contributed by atoms with E-state index in [2.05, 4.69) is 27.1 Å². The molecule has 1 aromatic carbocycles. The van der Waals surface area contributed by atoms with Crippen molar-refractivity contribution in [3.8, 4) is 11.4 Å². The maximum Gasteiger partial charge on any atom is 0.259 e. The molecule has 0 bridgehead atoms. The third-order valence-corrected chi connectivity index (χ3v) is 5.53. The van der Waals surface area contributed by atoms with Crippen LogP contribution in [0.4, 0.5) is 11.5 Å². The fourth-order valence-corrected chi connectivity index (χ4v) is 3.72. The van der Waals surface area contributed by atoms with Crippen LogP contribution in [-0.2, 0) is 0 Å². The zero-order chi connectivity index (χ0) is 21.1.